The molecule has 0 heterocycles. The van der Waals surface area contributed by atoms with E-state index in [9.17, 15) is 4.79 Å². The summed E-state index contributed by atoms with van der Waals surface area (Å²) in [6.45, 7) is 1.54. The Hall–Kier alpha value is -0.650. The van der Waals surface area contributed by atoms with Crippen molar-refractivity contribution in [3.63, 3.8) is 0 Å². The first-order valence-corrected chi connectivity index (χ1v) is 6.78. The Kier molecular flexibility index (Phi) is 11.0. The van der Waals surface area contributed by atoms with Crippen LogP contribution in [0.15, 0.2) is 0 Å². The summed E-state index contributed by atoms with van der Waals surface area (Å²) in [6, 6.07) is 0. The van der Waals surface area contributed by atoms with Gasteiger partial charge in [0.25, 0.3) is 0 Å². The fourth-order valence-electron chi connectivity index (χ4n) is 1.59. The summed E-state index contributed by atoms with van der Waals surface area (Å²) in [5, 5.41) is 26.7. The van der Waals surface area contributed by atoms with Crippen LogP contribution < -0.4 is 0 Å². The average molecular weight is 262 g/mol. The minimum atomic E-state index is -1.63. The van der Waals surface area contributed by atoms with E-state index in [0.717, 1.165) is 19.3 Å². The lowest BCUT2D eigenvalue weighted by Gasteiger charge is -2.15. The lowest BCUT2D eigenvalue weighted by molar-refractivity contribution is -0.190. The van der Waals surface area contributed by atoms with Crippen molar-refractivity contribution in [1.29, 1.82) is 0 Å². The smallest absolute Gasteiger partial charge is 0.308 e. The predicted molar refractivity (Wildman–Crippen MR) is 67.8 cm³/mol. The van der Waals surface area contributed by atoms with Crippen LogP contribution in [0.3, 0.4) is 0 Å². The fourth-order valence-corrected chi connectivity index (χ4v) is 1.59. The van der Waals surface area contributed by atoms with Crippen LogP contribution in [0.2, 0.25) is 0 Å². The van der Waals surface area contributed by atoms with E-state index in [1.807, 2.05) is 0 Å². The highest BCUT2D eigenvalue weighted by atomic mass is 16.6. The molecule has 0 aromatic heterocycles. The summed E-state index contributed by atoms with van der Waals surface area (Å²) in [7, 11) is 0. The largest absolute Gasteiger partial charge is 0.433 e. The molecule has 0 aliphatic carbocycles. The van der Waals surface area contributed by atoms with Crippen LogP contribution >= 0.6 is 0 Å². The second-order valence-electron chi connectivity index (χ2n) is 4.50. The van der Waals surface area contributed by atoms with E-state index >= 15 is 0 Å². The Bertz CT molecular complexity index is 208. The zero-order valence-corrected chi connectivity index (χ0v) is 11.2. The number of unbranched alkanes of at least 4 members (excludes halogenated alkanes) is 6. The van der Waals surface area contributed by atoms with Gasteiger partial charge in [-0.2, -0.15) is 0 Å². The highest BCUT2D eigenvalue weighted by molar-refractivity contribution is 5.69. The third-order valence-electron chi connectivity index (χ3n) is 2.75. The molecule has 0 aliphatic heterocycles. The normalized spacial score (nSPS) is 14.2. The van der Waals surface area contributed by atoms with Crippen LogP contribution in [-0.4, -0.2) is 40.3 Å². The number of aliphatic hydroxyl groups is 3. The lowest BCUT2D eigenvalue weighted by Crippen LogP contribution is -2.33. The van der Waals surface area contributed by atoms with Crippen molar-refractivity contribution < 1.29 is 24.9 Å². The summed E-state index contributed by atoms with van der Waals surface area (Å²) < 4.78 is 4.55. The van der Waals surface area contributed by atoms with Crippen LogP contribution in [0.1, 0.15) is 58.3 Å². The first-order chi connectivity index (χ1) is 8.61. The van der Waals surface area contributed by atoms with Gasteiger partial charge in [-0.25, -0.2) is 0 Å². The van der Waals surface area contributed by atoms with E-state index in [4.69, 9.17) is 15.3 Å². The molecule has 0 aromatic carbocycles. The Balaban J connectivity index is 3.42. The number of aliphatic hydroxyl groups excluding tert-OH is 3. The summed E-state index contributed by atoms with van der Waals surface area (Å²) in [6.07, 6.45) is 4.89. The summed E-state index contributed by atoms with van der Waals surface area (Å²) in [5.41, 5.74) is 0. The summed E-state index contributed by atoms with van der Waals surface area (Å²) in [5.74, 6) is -0.538. The van der Waals surface area contributed by atoms with Gasteiger partial charge in [-0.3, -0.25) is 4.79 Å². The van der Waals surface area contributed by atoms with Crippen molar-refractivity contribution in [2.75, 3.05) is 6.61 Å². The van der Waals surface area contributed by atoms with Crippen LogP contribution in [0.25, 0.3) is 0 Å². The molecule has 3 N–H and O–H groups in total. The Morgan fingerprint density at radius 2 is 1.61 bits per heavy atom. The highest BCUT2D eigenvalue weighted by Gasteiger charge is 2.19. The zero-order chi connectivity index (χ0) is 13.8. The molecule has 108 valence electrons. The molecule has 5 nitrogen and oxygen atoms in total. The molecule has 2 unspecified atom stereocenters. The Labute approximate surface area is 109 Å². The molecular weight excluding hydrogens is 236 g/mol. The second kappa shape index (κ2) is 11.4. The molecule has 0 aromatic rings. The first kappa shape index (κ1) is 17.4. The minimum absolute atomic E-state index is 0.239. The van der Waals surface area contributed by atoms with Gasteiger partial charge in [0.15, 0.2) is 0 Å². The molecular formula is C13H26O5. The Morgan fingerprint density at radius 1 is 1.06 bits per heavy atom. The molecule has 0 fully saturated rings. The SMILES string of the molecule is CCCCCCCCCC(=O)OC(O)C(O)CO. The number of rotatable bonds is 11. The van der Waals surface area contributed by atoms with Gasteiger partial charge in [-0.1, -0.05) is 45.4 Å². The zero-order valence-electron chi connectivity index (χ0n) is 11.2. The fraction of sp³-hybridized carbons (Fsp3) is 0.923. The van der Waals surface area contributed by atoms with Crippen molar-refractivity contribution in [1.82, 2.24) is 0 Å². The number of ether oxygens (including phenoxy) is 1. The maximum atomic E-state index is 11.2. The second-order valence-corrected chi connectivity index (χ2v) is 4.50. The average Bonchev–Trinajstić information content (AvgIpc) is 2.36. The van der Waals surface area contributed by atoms with E-state index in [1.165, 1.54) is 25.7 Å². The van der Waals surface area contributed by atoms with Crippen molar-refractivity contribution in [3.8, 4) is 0 Å². The summed E-state index contributed by atoms with van der Waals surface area (Å²) >= 11 is 0. The third kappa shape index (κ3) is 9.39. The third-order valence-corrected chi connectivity index (χ3v) is 2.75. The molecule has 0 radical (unpaired) electrons. The Morgan fingerprint density at radius 3 is 2.17 bits per heavy atom. The molecule has 18 heavy (non-hydrogen) atoms. The first-order valence-electron chi connectivity index (χ1n) is 6.78. The monoisotopic (exact) mass is 262 g/mol. The molecule has 0 aliphatic rings. The number of esters is 1. The number of hydrogen-bond donors (Lipinski definition) is 3. The number of carbonyl (C=O) groups is 1. The van der Waals surface area contributed by atoms with Crippen LogP contribution in [-0.2, 0) is 9.53 Å². The van der Waals surface area contributed by atoms with E-state index in [2.05, 4.69) is 11.7 Å². The van der Waals surface area contributed by atoms with Crippen LogP contribution in [0.4, 0.5) is 0 Å². The van der Waals surface area contributed by atoms with Crippen molar-refractivity contribution in [3.05, 3.63) is 0 Å². The van der Waals surface area contributed by atoms with Gasteiger partial charge in [-0.05, 0) is 6.42 Å². The molecule has 0 rings (SSSR count). The van der Waals surface area contributed by atoms with E-state index in [-0.39, 0.29) is 6.42 Å². The molecule has 0 saturated heterocycles. The van der Waals surface area contributed by atoms with E-state index in [1.54, 1.807) is 0 Å². The van der Waals surface area contributed by atoms with Gasteiger partial charge >= 0.3 is 5.97 Å². The molecule has 0 saturated carbocycles. The topological polar surface area (TPSA) is 87.0 Å². The maximum absolute atomic E-state index is 11.2. The molecule has 5 heteroatoms. The number of carbonyl (C=O) groups excluding carboxylic acids is 1. The van der Waals surface area contributed by atoms with Gasteiger partial charge in [-0.15, -0.1) is 0 Å². The van der Waals surface area contributed by atoms with Gasteiger partial charge in [0.1, 0.15) is 6.10 Å². The molecule has 2 atom stereocenters. The summed E-state index contributed by atoms with van der Waals surface area (Å²) in [4.78, 5) is 11.2. The van der Waals surface area contributed by atoms with E-state index < -0.39 is 25.0 Å². The van der Waals surface area contributed by atoms with Crippen LogP contribution in [0, 0.1) is 0 Å². The van der Waals surface area contributed by atoms with Crippen molar-refractivity contribution >= 4 is 5.97 Å². The number of hydrogen-bond acceptors (Lipinski definition) is 5. The van der Waals surface area contributed by atoms with Crippen LogP contribution in [0.5, 0.6) is 0 Å². The van der Waals surface area contributed by atoms with Gasteiger partial charge in [0, 0.05) is 6.42 Å². The van der Waals surface area contributed by atoms with E-state index in [0.29, 0.717) is 0 Å². The minimum Gasteiger partial charge on any atom is -0.433 e. The highest BCUT2D eigenvalue weighted by Crippen LogP contribution is 2.09. The predicted octanol–water partition coefficient (Wildman–Crippen LogP) is 1.34. The van der Waals surface area contributed by atoms with Crippen molar-refractivity contribution in [2.24, 2.45) is 0 Å². The van der Waals surface area contributed by atoms with Crippen molar-refractivity contribution in [2.45, 2.75) is 70.7 Å². The quantitative estimate of drug-likeness (QED) is 0.297. The molecule has 0 amide bonds. The standard InChI is InChI=1S/C13H26O5/c1-2-3-4-5-6-7-8-9-12(16)18-13(17)11(15)10-14/h11,13-15,17H,2-10H2,1H3. The molecule has 0 bridgehead atoms. The maximum Gasteiger partial charge on any atom is 0.308 e. The van der Waals surface area contributed by atoms with Gasteiger partial charge in [0.05, 0.1) is 6.61 Å². The van der Waals surface area contributed by atoms with Gasteiger partial charge in [0.2, 0.25) is 6.29 Å². The van der Waals surface area contributed by atoms with Gasteiger partial charge < -0.3 is 20.1 Å². The lowest BCUT2D eigenvalue weighted by atomic mass is 10.1. The molecule has 0 spiro atoms.